The highest BCUT2D eigenvalue weighted by atomic mass is 32.2. The van der Waals surface area contributed by atoms with Crippen molar-refractivity contribution in [3.05, 3.63) is 18.2 Å². The summed E-state index contributed by atoms with van der Waals surface area (Å²) < 4.78 is 0. The molecule has 0 aliphatic rings. The predicted octanol–water partition coefficient (Wildman–Crippen LogP) is -2.96. The topological polar surface area (TPSA) is 237 Å². The Morgan fingerprint density at radius 2 is 1.67 bits per heavy atom. The Bertz CT molecular complexity index is 821. The number of hydrogen-bond donors (Lipinski definition) is 8. The van der Waals surface area contributed by atoms with E-state index in [4.69, 9.17) is 15.9 Å². The molecule has 0 saturated carbocycles. The number of thioether (sulfide) groups is 1. The lowest BCUT2D eigenvalue weighted by molar-refractivity contribution is -0.147. The van der Waals surface area contributed by atoms with Gasteiger partial charge in [0.2, 0.25) is 17.7 Å². The van der Waals surface area contributed by atoms with Crippen LogP contribution in [0, 0.1) is 0 Å². The van der Waals surface area contributed by atoms with Crippen molar-refractivity contribution in [2.45, 2.75) is 43.4 Å². The van der Waals surface area contributed by atoms with Crippen molar-refractivity contribution in [3.63, 3.8) is 0 Å². The quantitative estimate of drug-likeness (QED) is 0.124. The zero-order chi connectivity index (χ0) is 25.0. The number of carboxylic acid groups (broad SMARTS) is 2. The number of nitrogens with zero attached hydrogens (tertiary/aromatic N) is 1. The van der Waals surface area contributed by atoms with Crippen LogP contribution in [0.25, 0.3) is 0 Å². The van der Waals surface area contributed by atoms with Gasteiger partial charge >= 0.3 is 11.9 Å². The van der Waals surface area contributed by atoms with E-state index in [1.54, 1.807) is 6.26 Å². The van der Waals surface area contributed by atoms with E-state index in [1.807, 2.05) is 0 Å². The summed E-state index contributed by atoms with van der Waals surface area (Å²) in [4.78, 5) is 66.5. The first-order valence-corrected chi connectivity index (χ1v) is 11.2. The molecular weight excluding hydrogens is 460 g/mol. The zero-order valence-corrected chi connectivity index (χ0v) is 18.6. The van der Waals surface area contributed by atoms with E-state index in [-0.39, 0.29) is 12.8 Å². The van der Waals surface area contributed by atoms with Gasteiger partial charge in [0.15, 0.2) is 0 Å². The number of aliphatic hydroxyl groups excluding tert-OH is 1. The highest BCUT2D eigenvalue weighted by Crippen LogP contribution is 2.05. The maximum atomic E-state index is 12.9. The summed E-state index contributed by atoms with van der Waals surface area (Å²) in [5, 5.41) is 34.1. The van der Waals surface area contributed by atoms with Crippen molar-refractivity contribution in [2.75, 3.05) is 18.6 Å². The van der Waals surface area contributed by atoms with E-state index in [1.165, 1.54) is 24.3 Å². The van der Waals surface area contributed by atoms with Crippen molar-refractivity contribution < 1.29 is 39.3 Å². The number of H-pyrrole nitrogens is 1. The largest absolute Gasteiger partial charge is 0.481 e. The summed E-state index contributed by atoms with van der Waals surface area (Å²) in [6.45, 7) is -0.631. The monoisotopic (exact) mass is 488 g/mol. The third-order valence-electron chi connectivity index (χ3n) is 4.38. The van der Waals surface area contributed by atoms with E-state index < -0.39 is 66.9 Å². The lowest BCUT2D eigenvalue weighted by Gasteiger charge is -2.24. The standard InChI is InChI=1S/C18H28N6O8S/c1-33-3-2-11(22-15(28)10(19)7-25)16(29)23-12(4-9-6-20-8-21-9)17(30)24-13(18(31)32)5-14(26)27/h6,8,10-13,25H,2-5,7,19H2,1H3,(H,20,21)(H,22,28)(H,23,29)(H,24,30)(H,26,27)(H,31,32). The van der Waals surface area contributed by atoms with Gasteiger partial charge < -0.3 is 42.0 Å². The first kappa shape index (κ1) is 27.9. The van der Waals surface area contributed by atoms with E-state index in [0.29, 0.717) is 11.4 Å². The minimum absolute atomic E-state index is 0.115. The SMILES string of the molecule is CSCCC(NC(=O)C(N)CO)C(=O)NC(Cc1cnc[nH]1)C(=O)NC(CC(=O)O)C(=O)O. The number of nitrogens with one attached hydrogen (secondary N) is 4. The van der Waals surface area contributed by atoms with Gasteiger partial charge in [-0.15, -0.1) is 0 Å². The number of aromatic amines is 1. The molecule has 1 aromatic rings. The van der Waals surface area contributed by atoms with E-state index >= 15 is 0 Å². The molecule has 0 aliphatic carbocycles. The summed E-state index contributed by atoms with van der Waals surface area (Å²) in [6, 6.07) is -5.36. The Balaban J connectivity index is 3.04. The number of imidazole rings is 1. The van der Waals surface area contributed by atoms with Crippen LogP contribution >= 0.6 is 11.8 Å². The number of nitrogens with two attached hydrogens (primary N) is 1. The minimum atomic E-state index is -1.72. The van der Waals surface area contributed by atoms with Gasteiger partial charge in [0.05, 0.1) is 19.4 Å². The van der Waals surface area contributed by atoms with Crippen LogP contribution in [0.1, 0.15) is 18.5 Å². The van der Waals surface area contributed by atoms with Gasteiger partial charge in [-0.1, -0.05) is 0 Å². The van der Waals surface area contributed by atoms with Crippen molar-refractivity contribution in [1.29, 1.82) is 0 Å². The zero-order valence-electron chi connectivity index (χ0n) is 17.8. The summed E-state index contributed by atoms with van der Waals surface area (Å²) in [5.41, 5.74) is 5.92. The highest BCUT2D eigenvalue weighted by Gasteiger charge is 2.31. The summed E-state index contributed by atoms with van der Waals surface area (Å²) in [5.74, 6) is -4.96. The Hall–Kier alpha value is -3.17. The number of hydrogen-bond acceptors (Lipinski definition) is 9. The maximum Gasteiger partial charge on any atom is 0.326 e. The second-order valence-corrected chi connectivity index (χ2v) is 7.96. The molecule has 1 heterocycles. The molecule has 1 rings (SSSR count). The number of amides is 3. The molecule has 15 heteroatoms. The van der Waals surface area contributed by atoms with Crippen LogP contribution in [0.5, 0.6) is 0 Å². The predicted molar refractivity (Wildman–Crippen MR) is 116 cm³/mol. The number of aliphatic carboxylic acids is 2. The minimum Gasteiger partial charge on any atom is -0.481 e. The smallest absolute Gasteiger partial charge is 0.326 e. The second kappa shape index (κ2) is 14.1. The second-order valence-electron chi connectivity index (χ2n) is 6.97. The fourth-order valence-electron chi connectivity index (χ4n) is 2.61. The van der Waals surface area contributed by atoms with Crippen molar-refractivity contribution in [1.82, 2.24) is 25.9 Å². The number of carbonyl (C=O) groups excluding carboxylic acids is 3. The molecule has 0 saturated heterocycles. The van der Waals surface area contributed by atoms with E-state index in [2.05, 4.69) is 25.9 Å². The van der Waals surface area contributed by atoms with Crippen LogP contribution in [-0.4, -0.2) is 97.7 Å². The third-order valence-corrected chi connectivity index (χ3v) is 5.03. The van der Waals surface area contributed by atoms with Crippen LogP contribution in [0.3, 0.4) is 0 Å². The Kier molecular flexibility index (Phi) is 11.9. The van der Waals surface area contributed by atoms with Crippen LogP contribution in [0.15, 0.2) is 12.5 Å². The summed E-state index contributed by atoms with van der Waals surface area (Å²) in [7, 11) is 0. The van der Waals surface area contributed by atoms with Crippen molar-refractivity contribution in [2.24, 2.45) is 5.73 Å². The molecule has 0 fully saturated rings. The van der Waals surface area contributed by atoms with Crippen LogP contribution < -0.4 is 21.7 Å². The molecule has 14 nitrogen and oxygen atoms in total. The van der Waals surface area contributed by atoms with Crippen LogP contribution in [0.4, 0.5) is 0 Å². The molecule has 9 N–H and O–H groups in total. The molecule has 3 amide bonds. The maximum absolute atomic E-state index is 12.9. The van der Waals surface area contributed by atoms with Gasteiger partial charge in [-0.05, 0) is 18.4 Å². The lowest BCUT2D eigenvalue weighted by atomic mass is 10.1. The Morgan fingerprint density at radius 3 is 2.18 bits per heavy atom. The first-order valence-electron chi connectivity index (χ1n) is 9.77. The Labute approximate surface area is 193 Å². The molecule has 4 unspecified atom stereocenters. The highest BCUT2D eigenvalue weighted by molar-refractivity contribution is 7.98. The van der Waals surface area contributed by atoms with Gasteiger partial charge in [-0.2, -0.15) is 11.8 Å². The molecule has 0 radical (unpaired) electrons. The number of rotatable bonds is 15. The Morgan fingerprint density at radius 1 is 1.06 bits per heavy atom. The molecule has 33 heavy (non-hydrogen) atoms. The van der Waals surface area contributed by atoms with E-state index in [9.17, 15) is 29.1 Å². The fraction of sp³-hybridized carbons (Fsp3) is 0.556. The van der Waals surface area contributed by atoms with Gasteiger partial charge in [0.25, 0.3) is 0 Å². The summed E-state index contributed by atoms with van der Waals surface area (Å²) >= 11 is 1.41. The molecule has 0 bridgehead atoms. The number of aromatic nitrogens is 2. The normalized spacial score (nSPS) is 14.4. The van der Waals surface area contributed by atoms with Gasteiger partial charge in [0, 0.05) is 18.3 Å². The van der Waals surface area contributed by atoms with Gasteiger partial charge in [0.1, 0.15) is 24.2 Å². The molecular formula is C18H28N6O8S. The van der Waals surface area contributed by atoms with Crippen molar-refractivity contribution >= 4 is 41.4 Å². The van der Waals surface area contributed by atoms with Gasteiger partial charge in [-0.25, -0.2) is 9.78 Å². The molecule has 0 aliphatic heterocycles. The molecule has 184 valence electrons. The molecule has 0 aromatic carbocycles. The molecule has 0 spiro atoms. The molecule has 1 aromatic heterocycles. The number of carbonyl (C=O) groups is 5. The lowest BCUT2D eigenvalue weighted by Crippen LogP contribution is -2.58. The summed E-state index contributed by atoms with van der Waals surface area (Å²) in [6.07, 6.45) is 3.73. The van der Waals surface area contributed by atoms with E-state index in [0.717, 1.165) is 0 Å². The average molecular weight is 489 g/mol. The first-order chi connectivity index (χ1) is 15.6. The van der Waals surface area contributed by atoms with Crippen LogP contribution in [0.2, 0.25) is 0 Å². The third kappa shape index (κ3) is 9.88. The van der Waals surface area contributed by atoms with Gasteiger partial charge in [-0.3, -0.25) is 19.2 Å². The number of carboxylic acids is 2. The van der Waals surface area contributed by atoms with Crippen LogP contribution in [-0.2, 0) is 30.4 Å². The van der Waals surface area contributed by atoms with Crippen molar-refractivity contribution in [3.8, 4) is 0 Å². The fourth-order valence-corrected chi connectivity index (χ4v) is 3.08. The number of aliphatic hydroxyl groups is 1. The molecule has 4 atom stereocenters. The average Bonchev–Trinajstić information content (AvgIpc) is 3.27.